The van der Waals surface area contributed by atoms with E-state index in [4.69, 9.17) is 5.11 Å². The van der Waals surface area contributed by atoms with Crippen LogP contribution in [-0.2, 0) is 4.79 Å². The molecular weight excluding hydrogens is 298 g/mol. The Labute approximate surface area is 123 Å². The number of thioether (sulfide) groups is 1. The second-order valence-electron chi connectivity index (χ2n) is 3.81. The van der Waals surface area contributed by atoms with Crippen molar-refractivity contribution >= 4 is 40.7 Å². The third kappa shape index (κ3) is 3.75. The van der Waals surface area contributed by atoms with Crippen LogP contribution in [0.1, 0.15) is 10.4 Å². The number of carboxylic acids is 1. The summed E-state index contributed by atoms with van der Waals surface area (Å²) in [5.74, 6) is -1.39. The number of phenols is 1. The lowest BCUT2D eigenvalue weighted by atomic mass is 10.2. The van der Waals surface area contributed by atoms with Crippen LogP contribution >= 0.6 is 23.1 Å². The molecule has 104 valence electrons. The molecule has 1 aromatic carbocycles. The topological polar surface area (TPSA) is 86.6 Å². The van der Waals surface area contributed by atoms with E-state index in [9.17, 15) is 14.7 Å². The molecule has 7 heteroatoms. The Kier molecular flexibility index (Phi) is 4.65. The van der Waals surface area contributed by atoms with Gasteiger partial charge in [0, 0.05) is 0 Å². The number of benzene rings is 1. The van der Waals surface area contributed by atoms with Crippen LogP contribution in [0.4, 0.5) is 5.69 Å². The van der Waals surface area contributed by atoms with E-state index in [1.54, 1.807) is 0 Å². The van der Waals surface area contributed by atoms with Crippen molar-refractivity contribution in [2.24, 2.45) is 0 Å². The minimum Gasteiger partial charge on any atom is -0.506 e. The van der Waals surface area contributed by atoms with E-state index in [0.717, 1.165) is 4.21 Å². The third-order valence-electron chi connectivity index (χ3n) is 2.36. The second kappa shape index (κ2) is 6.44. The highest BCUT2D eigenvalue weighted by Crippen LogP contribution is 2.26. The Morgan fingerprint density at radius 1 is 1.30 bits per heavy atom. The van der Waals surface area contributed by atoms with E-state index < -0.39 is 5.97 Å². The number of nitrogens with one attached hydrogen (secondary N) is 1. The van der Waals surface area contributed by atoms with Gasteiger partial charge in [0.2, 0.25) is 5.91 Å². The number of hydrogen-bond acceptors (Lipinski definition) is 5. The third-order valence-corrected chi connectivity index (χ3v) is 4.49. The molecule has 0 bridgehead atoms. The van der Waals surface area contributed by atoms with Crippen LogP contribution in [0.2, 0.25) is 0 Å². The SMILES string of the molecule is O=C(CSc1cccs1)Nc1cc(C(=O)O)ccc1O. The van der Waals surface area contributed by atoms with Crippen LogP contribution in [0.25, 0.3) is 0 Å². The summed E-state index contributed by atoms with van der Waals surface area (Å²) in [4.78, 5) is 22.6. The highest BCUT2D eigenvalue weighted by atomic mass is 32.2. The summed E-state index contributed by atoms with van der Waals surface area (Å²) >= 11 is 2.92. The Bertz CT molecular complexity index is 625. The molecule has 2 rings (SSSR count). The normalized spacial score (nSPS) is 10.2. The smallest absolute Gasteiger partial charge is 0.335 e. The molecule has 0 aliphatic heterocycles. The van der Waals surface area contributed by atoms with Gasteiger partial charge in [0.25, 0.3) is 0 Å². The molecule has 0 atom stereocenters. The van der Waals surface area contributed by atoms with Crippen LogP contribution in [0.5, 0.6) is 5.75 Å². The van der Waals surface area contributed by atoms with Gasteiger partial charge in [0.1, 0.15) is 5.75 Å². The van der Waals surface area contributed by atoms with Gasteiger partial charge in [0.15, 0.2) is 0 Å². The Balaban J connectivity index is 2.00. The molecule has 0 radical (unpaired) electrons. The predicted octanol–water partition coefficient (Wildman–Crippen LogP) is 2.88. The number of rotatable bonds is 5. The van der Waals surface area contributed by atoms with Crippen molar-refractivity contribution in [3.8, 4) is 5.75 Å². The number of hydrogen-bond donors (Lipinski definition) is 3. The molecule has 1 aromatic heterocycles. The summed E-state index contributed by atoms with van der Waals surface area (Å²) in [6.45, 7) is 0. The highest BCUT2D eigenvalue weighted by Gasteiger charge is 2.11. The molecule has 2 aromatic rings. The summed E-state index contributed by atoms with van der Waals surface area (Å²) < 4.78 is 1.02. The van der Waals surface area contributed by atoms with E-state index in [0.29, 0.717) is 0 Å². The van der Waals surface area contributed by atoms with Crippen molar-refractivity contribution in [1.82, 2.24) is 0 Å². The first kappa shape index (κ1) is 14.4. The van der Waals surface area contributed by atoms with Gasteiger partial charge in [-0.05, 0) is 29.6 Å². The summed E-state index contributed by atoms with van der Waals surface area (Å²) in [6, 6.07) is 7.54. The molecule has 0 saturated carbocycles. The zero-order valence-corrected chi connectivity index (χ0v) is 11.8. The predicted molar refractivity (Wildman–Crippen MR) is 78.7 cm³/mol. The number of carbonyl (C=O) groups excluding carboxylic acids is 1. The summed E-state index contributed by atoms with van der Waals surface area (Å²) in [6.07, 6.45) is 0. The van der Waals surface area contributed by atoms with Gasteiger partial charge in [-0.15, -0.1) is 23.1 Å². The van der Waals surface area contributed by atoms with Crippen LogP contribution in [0, 0.1) is 0 Å². The number of amides is 1. The first-order chi connectivity index (χ1) is 9.56. The average Bonchev–Trinajstić information content (AvgIpc) is 2.92. The summed E-state index contributed by atoms with van der Waals surface area (Å²) in [5, 5.41) is 22.9. The lowest BCUT2D eigenvalue weighted by molar-refractivity contribution is -0.113. The lowest BCUT2D eigenvalue weighted by Crippen LogP contribution is -2.14. The van der Waals surface area contributed by atoms with Crippen LogP contribution in [0.3, 0.4) is 0 Å². The number of carboxylic acid groups (broad SMARTS) is 1. The van der Waals surface area contributed by atoms with Crippen LogP contribution < -0.4 is 5.32 Å². The van der Waals surface area contributed by atoms with Gasteiger partial charge in [0.05, 0.1) is 21.2 Å². The number of carbonyl (C=O) groups is 2. The van der Waals surface area contributed by atoms with E-state index in [1.165, 1.54) is 41.3 Å². The number of anilines is 1. The average molecular weight is 309 g/mol. The van der Waals surface area contributed by atoms with Crippen molar-refractivity contribution in [1.29, 1.82) is 0 Å². The fourth-order valence-electron chi connectivity index (χ4n) is 1.44. The molecule has 0 unspecified atom stereocenters. The van der Waals surface area contributed by atoms with Crippen LogP contribution in [0.15, 0.2) is 39.9 Å². The number of aromatic carboxylic acids is 1. The monoisotopic (exact) mass is 309 g/mol. The number of phenolic OH excluding ortho intramolecular Hbond substituents is 1. The maximum atomic E-state index is 11.8. The second-order valence-corrected chi connectivity index (χ2v) is 6.03. The van der Waals surface area contributed by atoms with Crippen molar-refractivity contribution in [2.75, 3.05) is 11.1 Å². The molecule has 20 heavy (non-hydrogen) atoms. The number of thiophene rings is 1. The number of aromatic hydroxyl groups is 1. The van der Waals surface area contributed by atoms with E-state index in [2.05, 4.69) is 5.32 Å². The molecule has 0 aliphatic carbocycles. The largest absolute Gasteiger partial charge is 0.506 e. The minimum atomic E-state index is -1.12. The van der Waals surface area contributed by atoms with Gasteiger partial charge >= 0.3 is 5.97 Å². The van der Waals surface area contributed by atoms with Gasteiger partial charge in [-0.3, -0.25) is 4.79 Å². The lowest BCUT2D eigenvalue weighted by Gasteiger charge is -2.07. The van der Waals surface area contributed by atoms with Crippen molar-refractivity contribution in [3.05, 3.63) is 41.3 Å². The van der Waals surface area contributed by atoms with E-state index in [1.807, 2.05) is 17.5 Å². The van der Waals surface area contributed by atoms with Gasteiger partial charge < -0.3 is 15.5 Å². The molecule has 0 spiro atoms. The standard InChI is InChI=1S/C13H11NO4S2/c15-10-4-3-8(13(17)18)6-9(10)14-11(16)7-20-12-2-1-5-19-12/h1-6,15H,7H2,(H,14,16)(H,17,18). The minimum absolute atomic E-state index is 0.00371. The highest BCUT2D eigenvalue weighted by molar-refractivity contribution is 8.01. The molecule has 1 heterocycles. The molecule has 3 N–H and O–H groups in total. The quantitative estimate of drug-likeness (QED) is 0.584. The Morgan fingerprint density at radius 3 is 2.75 bits per heavy atom. The summed E-state index contributed by atoms with van der Waals surface area (Å²) in [5.41, 5.74) is 0.102. The van der Waals surface area contributed by atoms with E-state index in [-0.39, 0.29) is 28.7 Å². The van der Waals surface area contributed by atoms with Gasteiger partial charge in [-0.25, -0.2) is 4.79 Å². The molecule has 0 saturated heterocycles. The van der Waals surface area contributed by atoms with Crippen molar-refractivity contribution < 1.29 is 19.8 Å². The fourth-order valence-corrected chi connectivity index (χ4v) is 3.02. The van der Waals surface area contributed by atoms with Gasteiger partial charge in [-0.1, -0.05) is 6.07 Å². The molecule has 1 amide bonds. The zero-order valence-electron chi connectivity index (χ0n) is 10.2. The molecule has 0 fully saturated rings. The first-order valence-corrected chi connectivity index (χ1v) is 7.45. The maximum Gasteiger partial charge on any atom is 0.335 e. The fraction of sp³-hybridized carbons (Fsp3) is 0.0769. The zero-order chi connectivity index (χ0) is 14.5. The molecule has 5 nitrogen and oxygen atoms in total. The Morgan fingerprint density at radius 2 is 2.10 bits per heavy atom. The van der Waals surface area contributed by atoms with E-state index >= 15 is 0 Å². The Hall–Kier alpha value is -1.99. The van der Waals surface area contributed by atoms with Crippen molar-refractivity contribution in [2.45, 2.75) is 4.21 Å². The first-order valence-electron chi connectivity index (χ1n) is 5.59. The molecule has 0 aliphatic rings. The van der Waals surface area contributed by atoms with Crippen molar-refractivity contribution in [3.63, 3.8) is 0 Å². The maximum absolute atomic E-state index is 11.8. The van der Waals surface area contributed by atoms with Crippen LogP contribution in [-0.4, -0.2) is 27.8 Å². The van der Waals surface area contributed by atoms with Gasteiger partial charge in [-0.2, -0.15) is 0 Å². The summed E-state index contributed by atoms with van der Waals surface area (Å²) in [7, 11) is 0. The molecular formula is C13H11NO4S2.